The predicted octanol–water partition coefficient (Wildman–Crippen LogP) is 4.17. The zero-order valence-corrected chi connectivity index (χ0v) is 18.9. The molecule has 2 N–H and O–H groups in total. The van der Waals surface area contributed by atoms with Gasteiger partial charge in [-0.25, -0.2) is 4.98 Å². The van der Waals surface area contributed by atoms with Gasteiger partial charge in [-0.1, -0.05) is 0 Å². The molecule has 10 heteroatoms. The van der Waals surface area contributed by atoms with Crippen LogP contribution in [0.25, 0.3) is 0 Å². The van der Waals surface area contributed by atoms with Gasteiger partial charge < -0.3 is 24.8 Å². The SMILES string of the molecule is CCOc1ccc(Oc2cc(CNC(=O)c3ccc(NCCOC)c([N+](=O)[O-])c3)ccn2)cc1. The molecule has 0 unspecified atom stereocenters. The lowest BCUT2D eigenvalue weighted by Crippen LogP contribution is -2.23. The van der Waals surface area contributed by atoms with E-state index in [4.69, 9.17) is 14.2 Å². The van der Waals surface area contributed by atoms with Gasteiger partial charge in [0.25, 0.3) is 11.6 Å². The number of hydrogen-bond donors (Lipinski definition) is 2. The van der Waals surface area contributed by atoms with E-state index in [2.05, 4.69) is 15.6 Å². The fourth-order valence-electron chi connectivity index (χ4n) is 3.05. The Morgan fingerprint density at radius 3 is 2.56 bits per heavy atom. The molecule has 34 heavy (non-hydrogen) atoms. The molecular weight excluding hydrogens is 440 g/mol. The van der Waals surface area contributed by atoms with E-state index in [1.165, 1.54) is 18.2 Å². The van der Waals surface area contributed by atoms with E-state index in [1.54, 1.807) is 49.7 Å². The van der Waals surface area contributed by atoms with Crippen molar-refractivity contribution in [3.05, 3.63) is 82.0 Å². The molecule has 178 valence electrons. The molecule has 0 spiro atoms. The van der Waals surface area contributed by atoms with Crippen molar-refractivity contribution in [2.75, 3.05) is 32.2 Å². The first kappa shape index (κ1) is 24.5. The third-order valence-electron chi connectivity index (χ3n) is 4.69. The van der Waals surface area contributed by atoms with Crippen LogP contribution in [0.3, 0.4) is 0 Å². The Morgan fingerprint density at radius 2 is 1.85 bits per heavy atom. The molecular formula is C24H26N4O6. The molecule has 0 saturated carbocycles. The Bertz CT molecular complexity index is 1120. The summed E-state index contributed by atoms with van der Waals surface area (Å²) in [5.74, 6) is 1.29. The second kappa shape index (κ2) is 12.2. The van der Waals surface area contributed by atoms with Crippen LogP contribution >= 0.6 is 0 Å². The summed E-state index contributed by atoms with van der Waals surface area (Å²) in [6, 6.07) is 14.9. The summed E-state index contributed by atoms with van der Waals surface area (Å²) < 4.78 is 16.1. The average Bonchev–Trinajstić information content (AvgIpc) is 2.84. The maximum absolute atomic E-state index is 12.6. The van der Waals surface area contributed by atoms with Crippen LogP contribution in [0.5, 0.6) is 17.4 Å². The van der Waals surface area contributed by atoms with Gasteiger partial charge in [-0.05, 0) is 55.0 Å². The molecule has 10 nitrogen and oxygen atoms in total. The molecule has 0 aliphatic rings. The molecule has 1 aromatic heterocycles. The monoisotopic (exact) mass is 466 g/mol. The maximum Gasteiger partial charge on any atom is 0.293 e. The number of nitro benzene ring substituents is 1. The Labute approximate surface area is 197 Å². The largest absolute Gasteiger partial charge is 0.494 e. The number of nitrogens with one attached hydrogen (secondary N) is 2. The number of methoxy groups -OCH3 is 1. The molecule has 0 radical (unpaired) electrons. The first-order valence-corrected chi connectivity index (χ1v) is 10.6. The number of benzene rings is 2. The van der Waals surface area contributed by atoms with Crippen LogP contribution < -0.4 is 20.1 Å². The molecule has 0 aliphatic carbocycles. The summed E-state index contributed by atoms with van der Waals surface area (Å²) in [6.07, 6.45) is 1.58. The summed E-state index contributed by atoms with van der Waals surface area (Å²) >= 11 is 0. The van der Waals surface area contributed by atoms with Crippen LogP contribution in [-0.4, -0.2) is 42.7 Å². The maximum atomic E-state index is 12.6. The van der Waals surface area contributed by atoms with Crippen LogP contribution in [0.15, 0.2) is 60.8 Å². The third-order valence-corrected chi connectivity index (χ3v) is 4.69. The van der Waals surface area contributed by atoms with E-state index < -0.39 is 10.8 Å². The van der Waals surface area contributed by atoms with E-state index >= 15 is 0 Å². The minimum atomic E-state index is -0.528. The lowest BCUT2D eigenvalue weighted by molar-refractivity contribution is -0.384. The number of carbonyl (C=O) groups excluding carboxylic acids is 1. The molecule has 0 atom stereocenters. The highest BCUT2D eigenvalue weighted by atomic mass is 16.6. The van der Waals surface area contributed by atoms with E-state index in [0.717, 1.165) is 11.3 Å². The van der Waals surface area contributed by atoms with Gasteiger partial charge in [0.2, 0.25) is 5.88 Å². The number of rotatable bonds is 12. The van der Waals surface area contributed by atoms with Crippen LogP contribution in [0.2, 0.25) is 0 Å². The second-order valence-electron chi connectivity index (χ2n) is 7.10. The highest BCUT2D eigenvalue weighted by Gasteiger charge is 2.17. The van der Waals surface area contributed by atoms with Gasteiger partial charge in [0.1, 0.15) is 17.2 Å². The van der Waals surface area contributed by atoms with Gasteiger partial charge >= 0.3 is 0 Å². The number of aromatic nitrogens is 1. The summed E-state index contributed by atoms with van der Waals surface area (Å²) in [6.45, 7) is 3.50. The second-order valence-corrected chi connectivity index (χ2v) is 7.10. The van der Waals surface area contributed by atoms with Crippen LogP contribution in [0.4, 0.5) is 11.4 Å². The summed E-state index contributed by atoms with van der Waals surface area (Å²) in [5.41, 5.74) is 1.09. The van der Waals surface area contributed by atoms with Gasteiger partial charge in [0.05, 0.1) is 18.1 Å². The fourth-order valence-corrected chi connectivity index (χ4v) is 3.05. The molecule has 3 rings (SSSR count). The number of ether oxygens (including phenoxy) is 3. The molecule has 0 fully saturated rings. The molecule has 3 aromatic rings. The predicted molar refractivity (Wildman–Crippen MR) is 127 cm³/mol. The molecule has 2 aromatic carbocycles. The Kier molecular flexibility index (Phi) is 8.75. The fraction of sp³-hybridized carbons (Fsp3) is 0.250. The van der Waals surface area contributed by atoms with Crippen molar-refractivity contribution in [2.45, 2.75) is 13.5 Å². The third kappa shape index (κ3) is 6.91. The van der Waals surface area contributed by atoms with Crippen LogP contribution in [-0.2, 0) is 11.3 Å². The Morgan fingerprint density at radius 1 is 1.09 bits per heavy atom. The van der Waals surface area contributed by atoms with Crippen LogP contribution in [0, 0.1) is 10.1 Å². The summed E-state index contributed by atoms with van der Waals surface area (Å²) in [7, 11) is 1.54. The van der Waals surface area contributed by atoms with E-state index in [9.17, 15) is 14.9 Å². The van der Waals surface area contributed by atoms with Gasteiger partial charge in [-0.3, -0.25) is 14.9 Å². The zero-order valence-electron chi connectivity index (χ0n) is 18.9. The minimum Gasteiger partial charge on any atom is -0.494 e. The number of anilines is 1. The van der Waals surface area contributed by atoms with Crippen molar-refractivity contribution >= 4 is 17.3 Å². The van der Waals surface area contributed by atoms with Gasteiger partial charge in [0.15, 0.2) is 0 Å². The lowest BCUT2D eigenvalue weighted by atomic mass is 10.1. The molecule has 0 aliphatic heterocycles. The van der Waals surface area contributed by atoms with Gasteiger partial charge in [-0.15, -0.1) is 0 Å². The molecule has 0 saturated heterocycles. The summed E-state index contributed by atoms with van der Waals surface area (Å²) in [4.78, 5) is 27.7. The number of hydrogen-bond acceptors (Lipinski definition) is 8. The number of nitrogens with zero attached hydrogens (tertiary/aromatic N) is 2. The standard InChI is InChI=1S/C24H26N4O6/c1-3-33-19-5-7-20(8-6-19)34-23-14-17(10-11-26-23)16-27-24(29)18-4-9-21(25-12-13-32-2)22(15-18)28(30)31/h4-11,14-15,25H,3,12-13,16H2,1-2H3,(H,27,29). The molecule has 1 heterocycles. The topological polar surface area (TPSA) is 125 Å². The van der Waals surface area contributed by atoms with Crippen molar-refractivity contribution in [3.63, 3.8) is 0 Å². The number of pyridine rings is 1. The minimum absolute atomic E-state index is 0.182. The molecule has 1 amide bonds. The van der Waals surface area contributed by atoms with E-state index in [-0.39, 0.29) is 17.8 Å². The normalized spacial score (nSPS) is 10.4. The lowest BCUT2D eigenvalue weighted by Gasteiger charge is -2.10. The summed E-state index contributed by atoms with van der Waals surface area (Å²) in [5, 5.41) is 17.1. The average molecular weight is 466 g/mol. The van der Waals surface area contributed by atoms with Crippen molar-refractivity contribution in [1.82, 2.24) is 10.3 Å². The van der Waals surface area contributed by atoms with Crippen molar-refractivity contribution in [1.29, 1.82) is 0 Å². The number of carbonyl (C=O) groups is 1. The number of nitro groups is 1. The van der Waals surface area contributed by atoms with Crippen molar-refractivity contribution in [3.8, 4) is 17.4 Å². The molecule has 0 bridgehead atoms. The van der Waals surface area contributed by atoms with Gasteiger partial charge in [0, 0.05) is 44.1 Å². The highest BCUT2D eigenvalue weighted by Crippen LogP contribution is 2.26. The van der Waals surface area contributed by atoms with Crippen molar-refractivity contribution in [2.24, 2.45) is 0 Å². The Hall–Kier alpha value is -4.18. The quantitative estimate of drug-likeness (QED) is 0.231. The van der Waals surface area contributed by atoms with Gasteiger partial charge in [-0.2, -0.15) is 0 Å². The Balaban J connectivity index is 1.62. The van der Waals surface area contributed by atoms with E-state index in [0.29, 0.717) is 37.1 Å². The smallest absolute Gasteiger partial charge is 0.293 e. The van der Waals surface area contributed by atoms with Crippen molar-refractivity contribution < 1.29 is 23.9 Å². The first-order valence-electron chi connectivity index (χ1n) is 10.6. The zero-order chi connectivity index (χ0) is 24.3. The van der Waals surface area contributed by atoms with Crippen LogP contribution in [0.1, 0.15) is 22.8 Å². The van der Waals surface area contributed by atoms with E-state index in [1.807, 2.05) is 6.92 Å². The first-order chi connectivity index (χ1) is 16.5. The number of amides is 1. The highest BCUT2D eigenvalue weighted by molar-refractivity contribution is 5.95.